The summed E-state index contributed by atoms with van der Waals surface area (Å²) in [5, 5.41) is 0. The van der Waals surface area contributed by atoms with Gasteiger partial charge in [-0.15, -0.1) is 0 Å². The van der Waals surface area contributed by atoms with Crippen LogP contribution in [0.25, 0.3) is 0 Å². The quantitative estimate of drug-likeness (QED) is 0.800. The van der Waals surface area contributed by atoms with Crippen LogP contribution < -0.4 is 0 Å². The Morgan fingerprint density at radius 3 is 2.42 bits per heavy atom. The molecule has 0 N–H and O–H groups in total. The highest BCUT2D eigenvalue weighted by Gasteiger charge is 2.54. The lowest BCUT2D eigenvalue weighted by Crippen LogP contribution is -2.38. The molecule has 1 atom stereocenters. The van der Waals surface area contributed by atoms with Gasteiger partial charge in [0.15, 0.2) is 0 Å². The van der Waals surface area contributed by atoms with E-state index in [0.717, 1.165) is 12.5 Å². The largest absolute Gasteiger partial charge is 0.342 e. The number of likely N-dealkylation sites (tertiary alicyclic amines) is 1. The van der Waals surface area contributed by atoms with Crippen LogP contribution in [0.15, 0.2) is 42.5 Å². The normalized spacial score (nSPS) is 21.0. The van der Waals surface area contributed by atoms with E-state index in [1.165, 1.54) is 18.2 Å². The fourth-order valence-electron chi connectivity index (χ4n) is 4.12. The number of nitrogens with zero attached hydrogens (tertiary/aromatic N) is 1. The number of amides is 1. The summed E-state index contributed by atoms with van der Waals surface area (Å²) >= 11 is 0. The van der Waals surface area contributed by atoms with E-state index in [4.69, 9.17) is 0 Å². The highest BCUT2D eigenvalue weighted by molar-refractivity contribution is 5.91. The molecule has 1 amide bonds. The van der Waals surface area contributed by atoms with Gasteiger partial charge in [0.05, 0.1) is 5.41 Å². The third kappa shape index (κ3) is 3.11. The lowest BCUT2D eigenvalue weighted by atomic mass is 9.93. The molecular formula is C21H20F3NO. The minimum absolute atomic E-state index is 0.0180. The van der Waals surface area contributed by atoms with Crippen LogP contribution in [0.1, 0.15) is 30.4 Å². The van der Waals surface area contributed by atoms with Crippen molar-refractivity contribution in [1.29, 1.82) is 0 Å². The Hall–Kier alpha value is -2.30. The van der Waals surface area contributed by atoms with Crippen molar-refractivity contribution < 1.29 is 18.0 Å². The molecule has 1 saturated carbocycles. The molecule has 2 nitrogen and oxygen atoms in total. The topological polar surface area (TPSA) is 20.3 Å². The molecule has 0 spiro atoms. The van der Waals surface area contributed by atoms with Gasteiger partial charge in [0.1, 0.15) is 17.5 Å². The molecule has 0 bridgehead atoms. The van der Waals surface area contributed by atoms with Crippen molar-refractivity contribution in [1.82, 2.24) is 4.90 Å². The smallest absolute Gasteiger partial charge is 0.233 e. The summed E-state index contributed by atoms with van der Waals surface area (Å²) in [6.45, 7) is 1.16. The number of rotatable bonds is 4. The molecule has 1 unspecified atom stereocenters. The standard InChI is InChI=1S/C21H20F3NO/c22-16-10-15(11-17(23)12-16)9-14-5-8-25(13-14)20(26)21(6-7-21)18-3-1-2-4-19(18)24/h1-4,10-12,14H,5-9,13H2. The van der Waals surface area contributed by atoms with E-state index in [2.05, 4.69) is 0 Å². The van der Waals surface area contributed by atoms with Crippen molar-refractivity contribution in [3.63, 3.8) is 0 Å². The summed E-state index contributed by atoms with van der Waals surface area (Å²) in [6.07, 6.45) is 2.66. The maximum atomic E-state index is 14.2. The first-order valence-corrected chi connectivity index (χ1v) is 8.97. The minimum atomic E-state index is -0.717. The summed E-state index contributed by atoms with van der Waals surface area (Å²) in [4.78, 5) is 14.8. The molecule has 136 valence electrons. The molecule has 26 heavy (non-hydrogen) atoms. The van der Waals surface area contributed by atoms with E-state index in [9.17, 15) is 18.0 Å². The molecule has 2 aromatic carbocycles. The summed E-state index contributed by atoms with van der Waals surface area (Å²) in [7, 11) is 0. The first-order chi connectivity index (χ1) is 12.5. The first kappa shape index (κ1) is 17.1. The number of hydrogen-bond donors (Lipinski definition) is 0. The van der Waals surface area contributed by atoms with Gasteiger partial charge in [-0.05, 0) is 55.4 Å². The second-order valence-corrected chi connectivity index (χ2v) is 7.45. The van der Waals surface area contributed by atoms with E-state index in [0.29, 0.717) is 43.5 Å². The SMILES string of the molecule is O=C(N1CCC(Cc2cc(F)cc(F)c2)C1)C1(c2ccccc2F)CC1. The Labute approximate surface area is 150 Å². The summed E-state index contributed by atoms with van der Waals surface area (Å²) in [5.74, 6) is -1.35. The molecule has 1 saturated heterocycles. The monoisotopic (exact) mass is 359 g/mol. The van der Waals surface area contributed by atoms with Crippen molar-refractivity contribution in [3.05, 3.63) is 71.0 Å². The zero-order valence-corrected chi connectivity index (χ0v) is 14.4. The lowest BCUT2D eigenvalue weighted by molar-refractivity contribution is -0.133. The van der Waals surface area contributed by atoms with Crippen LogP contribution in [0, 0.1) is 23.4 Å². The summed E-state index contributed by atoms with van der Waals surface area (Å²) in [6, 6.07) is 10.0. The fraction of sp³-hybridized carbons (Fsp3) is 0.381. The van der Waals surface area contributed by atoms with E-state index in [1.54, 1.807) is 23.1 Å². The lowest BCUT2D eigenvalue weighted by Gasteiger charge is -2.24. The number of carbonyl (C=O) groups is 1. The maximum absolute atomic E-state index is 14.2. The van der Waals surface area contributed by atoms with Crippen molar-refractivity contribution in [3.8, 4) is 0 Å². The Kier molecular flexibility index (Phi) is 4.25. The maximum Gasteiger partial charge on any atom is 0.233 e. The average Bonchev–Trinajstić information content (AvgIpc) is 3.26. The van der Waals surface area contributed by atoms with Gasteiger partial charge in [-0.25, -0.2) is 13.2 Å². The molecular weight excluding hydrogens is 339 g/mol. The van der Waals surface area contributed by atoms with E-state index < -0.39 is 17.0 Å². The Morgan fingerprint density at radius 2 is 1.77 bits per heavy atom. The molecule has 2 aliphatic rings. The van der Waals surface area contributed by atoms with Gasteiger partial charge in [-0.3, -0.25) is 4.79 Å². The van der Waals surface area contributed by atoms with Gasteiger partial charge >= 0.3 is 0 Å². The number of hydrogen-bond acceptors (Lipinski definition) is 1. The van der Waals surface area contributed by atoms with Crippen molar-refractivity contribution >= 4 is 5.91 Å². The summed E-state index contributed by atoms with van der Waals surface area (Å²) < 4.78 is 40.9. The highest BCUT2D eigenvalue weighted by Crippen LogP contribution is 2.51. The van der Waals surface area contributed by atoms with Gasteiger partial charge in [0.25, 0.3) is 0 Å². The molecule has 0 aromatic heterocycles. The molecule has 1 aliphatic heterocycles. The Morgan fingerprint density at radius 1 is 1.08 bits per heavy atom. The van der Waals surface area contributed by atoms with Gasteiger partial charge in [-0.2, -0.15) is 0 Å². The molecule has 0 radical (unpaired) electrons. The van der Waals surface area contributed by atoms with Gasteiger partial charge in [0, 0.05) is 24.7 Å². The molecule has 4 rings (SSSR count). The van der Waals surface area contributed by atoms with Crippen LogP contribution >= 0.6 is 0 Å². The van der Waals surface area contributed by atoms with E-state index in [-0.39, 0.29) is 17.6 Å². The van der Waals surface area contributed by atoms with E-state index >= 15 is 0 Å². The van der Waals surface area contributed by atoms with Crippen LogP contribution in [0.2, 0.25) is 0 Å². The van der Waals surface area contributed by atoms with Crippen LogP contribution in [0.4, 0.5) is 13.2 Å². The van der Waals surface area contributed by atoms with Crippen molar-refractivity contribution in [2.75, 3.05) is 13.1 Å². The molecule has 1 heterocycles. The summed E-state index contributed by atoms with van der Waals surface area (Å²) in [5.41, 5.74) is 0.378. The predicted octanol–water partition coefficient (Wildman–Crippen LogP) is 4.23. The van der Waals surface area contributed by atoms with Crippen molar-refractivity contribution in [2.45, 2.75) is 31.1 Å². The Balaban J connectivity index is 1.45. The number of halogens is 3. The first-order valence-electron chi connectivity index (χ1n) is 8.97. The molecule has 1 aliphatic carbocycles. The average molecular weight is 359 g/mol. The van der Waals surface area contributed by atoms with Crippen LogP contribution in [-0.4, -0.2) is 23.9 Å². The third-order valence-electron chi connectivity index (χ3n) is 5.57. The van der Waals surface area contributed by atoms with Crippen molar-refractivity contribution in [2.24, 2.45) is 5.92 Å². The third-order valence-corrected chi connectivity index (χ3v) is 5.57. The van der Waals surface area contributed by atoms with Crippen LogP contribution in [-0.2, 0) is 16.6 Å². The van der Waals surface area contributed by atoms with Gasteiger partial charge in [0.2, 0.25) is 5.91 Å². The molecule has 5 heteroatoms. The molecule has 2 aromatic rings. The number of carbonyl (C=O) groups excluding carboxylic acids is 1. The highest BCUT2D eigenvalue weighted by atomic mass is 19.1. The zero-order chi connectivity index (χ0) is 18.3. The number of benzene rings is 2. The predicted molar refractivity (Wildman–Crippen MR) is 92.1 cm³/mol. The van der Waals surface area contributed by atoms with Crippen LogP contribution in [0.3, 0.4) is 0 Å². The van der Waals surface area contributed by atoms with Gasteiger partial charge < -0.3 is 4.90 Å². The van der Waals surface area contributed by atoms with Crippen LogP contribution in [0.5, 0.6) is 0 Å². The second-order valence-electron chi connectivity index (χ2n) is 7.45. The zero-order valence-electron chi connectivity index (χ0n) is 14.4. The fourth-order valence-corrected chi connectivity index (χ4v) is 4.12. The van der Waals surface area contributed by atoms with Gasteiger partial charge in [-0.1, -0.05) is 18.2 Å². The second kappa shape index (κ2) is 6.45. The van der Waals surface area contributed by atoms with E-state index in [1.807, 2.05) is 0 Å². The molecule has 2 fully saturated rings. The Bertz CT molecular complexity index is 827. The minimum Gasteiger partial charge on any atom is -0.342 e.